The van der Waals surface area contributed by atoms with E-state index in [-0.39, 0.29) is 17.6 Å². The molecule has 184 valence electrons. The predicted molar refractivity (Wildman–Crippen MR) is 141 cm³/mol. The maximum atomic E-state index is 12.0. The van der Waals surface area contributed by atoms with E-state index in [1.54, 1.807) is 6.20 Å². The zero-order valence-corrected chi connectivity index (χ0v) is 21.9. The van der Waals surface area contributed by atoms with E-state index in [4.69, 9.17) is 4.74 Å². The van der Waals surface area contributed by atoms with E-state index >= 15 is 0 Å². The Balaban J connectivity index is 1.48. The monoisotopic (exact) mass is 537 g/mol. The SMILES string of the molecule is CC(=O)N[C@@H](Cc1cccc(-c2cccnc2)c1)[C@H](O)CN[C@H]1CC(C)(C)Oc2ccc(Br)cc21. The molecule has 2 heterocycles. The molecule has 7 heteroatoms. The Bertz CT molecular complexity index is 1170. The summed E-state index contributed by atoms with van der Waals surface area (Å²) in [5.41, 5.74) is 3.85. The molecule has 3 aromatic rings. The molecule has 3 atom stereocenters. The quantitative estimate of drug-likeness (QED) is 0.384. The molecule has 0 saturated carbocycles. The van der Waals surface area contributed by atoms with Gasteiger partial charge in [-0.2, -0.15) is 0 Å². The number of benzene rings is 2. The molecule has 35 heavy (non-hydrogen) atoms. The molecule has 6 nitrogen and oxygen atoms in total. The molecule has 0 spiro atoms. The summed E-state index contributed by atoms with van der Waals surface area (Å²) in [4.78, 5) is 16.2. The molecule has 3 N–H and O–H groups in total. The van der Waals surface area contributed by atoms with Gasteiger partial charge in [0, 0.05) is 48.4 Å². The minimum Gasteiger partial charge on any atom is -0.487 e. The number of hydrogen-bond donors (Lipinski definition) is 3. The number of carbonyl (C=O) groups excluding carboxylic acids is 1. The Morgan fingerprint density at radius 2 is 2.00 bits per heavy atom. The van der Waals surface area contributed by atoms with Crippen LogP contribution in [0.3, 0.4) is 0 Å². The number of nitrogens with one attached hydrogen (secondary N) is 2. The third-order valence-electron chi connectivity index (χ3n) is 6.23. The number of halogens is 1. The largest absolute Gasteiger partial charge is 0.487 e. The zero-order chi connectivity index (χ0) is 25.0. The van der Waals surface area contributed by atoms with Crippen molar-refractivity contribution >= 4 is 21.8 Å². The number of rotatable bonds is 8. The van der Waals surface area contributed by atoms with E-state index in [0.29, 0.717) is 13.0 Å². The van der Waals surface area contributed by atoms with Gasteiger partial charge in [-0.25, -0.2) is 0 Å². The van der Waals surface area contributed by atoms with Crippen LogP contribution in [0.2, 0.25) is 0 Å². The second-order valence-electron chi connectivity index (χ2n) is 9.73. The number of aliphatic hydroxyl groups is 1. The summed E-state index contributed by atoms with van der Waals surface area (Å²) in [7, 11) is 0. The normalized spacial score (nSPS) is 18.1. The number of aliphatic hydroxyl groups excluding tert-OH is 1. The van der Waals surface area contributed by atoms with Gasteiger partial charge in [-0.05, 0) is 61.2 Å². The van der Waals surface area contributed by atoms with Crippen molar-refractivity contribution in [3.05, 3.63) is 82.6 Å². The van der Waals surface area contributed by atoms with Crippen molar-refractivity contribution in [2.24, 2.45) is 0 Å². The zero-order valence-electron chi connectivity index (χ0n) is 20.3. The third kappa shape index (κ3) is 6.69. The maximum absolute atomic E-state index is 12.0. The summed E-state index contributed by atoms with van der Waals surface area (Å²) in [6.45, 7) is 5.95. The van der Waals surface area contributed by atoms with Gasteiger partial charge in [0.2, 0.25) is 5.91 Å². The second-order valence-corrected chi connectivity index (χ2v) is 10.6. The van der Waals surface area contributed by atoms with Crippen molar-refractivity contribution in [3.63, 3.8) is 0 Å². The lowest BCUT2D eigenvalue weighted by Gasteiger charge is -2.38. The van der Waals surface area contributed by atoms with Crippen LogP contribution in [-0.4, -0.2) is 40.3 Å². The lowest BCUT2D eigenvalue weighted by Crippen LogP contribution is -2.49. The first-order valence-corrected chi connectivity index (χ1v) is 12.7. The fraction of sp³-hybridized carbons (Fsp3) is 0.357. The molecule has 0 radical (unpaired) electrons. The average Bonchev–Trinajstić information content (AvgIpc) is 2.82. The number of nitrogens with zero attached hydrogens (tertiary/aromatic N) is 1. The molecule has 4 rings (SSSR count). The fourth-order valence-electron chi connectivity index (χ4n) is 4.62. The fourth-order valence-corrected chi connectivity index (χ4v) is 5.00. The molecule has 0 saturated heterocycles. The Labute approximate surface area is 215 Å². The number of pyridine rings is 1. The molecular weight excluding hydrogens is 506 g/mol. The van der Waals surface area contributed by atoms with Crippen LogP contribution in [0, 0.1) is 0 Å². The first kappa shape index (κ1) is 25.4. The van der Waals surface area contributed by atoms with E-state index in [1.165, 1.54) is 6.92 Å². The van der Waals surface area contributed by atoms with Crippen LogP contribution in [0.4, 0.5) is 0 Å². The molecule has 0 bridgehead atoms. The number of amides is 1. The van der Waals surface area contributed by atoms with E-state index in [1.807, 2.05) is 48.7 Å². The molecular formula is C28H32BrN3O3. The van der Waals surface area contributed by atoms with Gasteiger partial charge >= 0.3 is 0 Å². The first-order valence-electron chi connectivity index (χ1n) is 11.9. The van der Waals surface area contributed by atoms with Gasteiger partial charge in [-0.1, -0.05) is 46.3 Å². The Morgan fingerprint density at radius 3 is 2.74 bits per heavy atom. The molecule has 0 aliphatic carbocycles. The van der Waals surface area contributed by atoms with Crippen LogP contribution in [-0.2, 0) is 11.2 Å². The Morgan fingerprint density at radius 1 is 1.20 bits per heavy atom. The van der Waals surface area contributed by atoms with Crippen LogP contribution in [0.5, 0.6) is 5.75 Å². The number of aromatic nitrogens is 1. The molecule has 1 amide bonds. The van der Waals surface area contributed by atoms with Gasteiger partial charge in [0.1, 0.15) is 11.4 Å². The standard InChI is InChI=1S/C28H32BrN3O3/c1-18(33)32-24(13-19-6-4-7-20(12-19)21-8-5-11-30-16-21)26(34)17-31-25-15-28(2,3)35-27-10-9-22(29)14-23(25)27/h4-12,14,16,24-26,31,34H,13,15,17H2,1-3H3,(H,32,33)/t24-,25-,26+/m0/s1. The predicted octanol–water partition coefficient (Wildman–Crippen LogP) is 4.81. The van der Waals surface area contributed by atoms with E-state index < -0.39 is 12.1 Å². The van der Waals surface area contributed by atoms with Gasteiger partial charge in [0.05, 0.1) is 12.1 Å². The van der Waals surface area contributed by atoms with Gasteiger partial charge in [-0.3, -0.25) is 9.78 Å². The summed E-state index contributed by atoms with van der Waals surface area (Å²) in [5.74, 6) is 0.681. The molecule has 2 aromatic carbocycles. The molecule has 1 aliphatic heterocycles. The summed E-state index contributed by atoms with van der Waals surface area (Å²) >= 11 is 3.55. The first-order chi connectivity index (χ1) is 16.7. The summed E-state index contributed by atoms with van der Waals surface area (Å²) in [5, 5.41) is 17.6. The average molecular weight is 538 g/mol. The van der Waals surface area contributed by atoms with Crippen LogP contribution in [0.15, 0.2) is 71.5 Å². The lowest BCUT2D eigenvalue weighted by molar-refractivity contribution is -0.120. The maximum Gasteiger partial charge on any atom is 0.217 e. The molecule has 0 unspecified atom stereocenters. The van der Waals surface area contributed by atoms with Crippen molar-refractivity contribution in [1.82, 2.24) is 15.6 Å². The smallest absolute Gasteiger partial charge is 0.217 e. The minimum atomic E-state index is -0.775. The van der Waals surface area contributed by atoms with Crippen molar-refractivity contribution in [2.45, 2.75) is 57.4 Å². The van der Waals surface area contributed by atoms with Crippen molar-refractivity contribution in [2.75, 3.05) is 6.54 Å². The highest BCUT2D eigenvalue weighted by molar-refractivity contribution is 9.10. The number of fused-ring (bicyclic) bond motifs is 1. The van der Waals surface area contributed by atoms with E-state index in [9.17, 15) is 9.90 Å². The van der Waals surface area contributed by atoms with Crippen LogP contribution in [0.1, 0.15) is 44.4 Å². The van der Waals surface area contributed by atoms with Crippen LogP contribution >= 0.6 is 15.9 Å². The van der Waals surface area contributed by atoms with Crippen molar-refractivity contribution in [3.8, 4) is 16.9 Å². The van der Waals surface area contributed by atoms with E-state index in [0.717, 1.165) is 38.9 Å². The second kappa shape index (κ2) is 10.9. The number of ether oxygens (including phenoxy) is 1. The summed E-state index contributed by atoms with van der Waals surface area (Å²) < 4.78 is 7.14. The highest BCUT2D eigenvalue weighted by Crippen LogP contribution is 2.40. The Hall–Kier alpha value is -2.74. The number of hydrogen-bond acceptors (Lipinski definition) is 5. The van der Waals surface area contributed by atoms with E-state index in [2.05, 4.69) is 57.5 Å². The highest BCUT2D eigenvalue weighted by atomic mass is 79.9. The van der Waals surface area contributed by atoms with Gasteiger partial charge < -0.3 is 20.5 Å². The molecule has 1 aliphatic rings. The van der Waals surface area contributed by atoms with Crippen LogP contribution < -0.4 is 15.4 Å². The van der Waals surface area contributed by atoms with Gasteiger partial charge in [0.25, 0.3) is 0 Å². The minimum absolute atomic E-state index is 0.0211. The molecule has 1 aromatic heterocycles. The molecule has 0 fully saturated rings. The third-order valence-corrected chi connectivity index (χ3v) is 6.73. The number of carbonyl (C=O) groups is 1. The van der Waals surface area contributed by atoms with Crippen molar-refractivity contribution < 1.29 is 14.6 Å². The Kier molecular flexibility index (Phi) is 7.89. The topological polar surface area (TPSA) is 83.5 Å². The van der Waals surface area contributed by atoms with Crippen molar-refractivity contribution in [1.29, 1.82) is 0 Å². The highest BCUT2D eigenvalue weighted by Gasteiger charge is 2.34. The summed E-state index contributed by atoms with van der Waals surface area (Å²) in [6, 6.07) is 17.6. The van der Waals surface area contributed by atoms with Gasteiger partial charge in [0.15, 0.2) is 0 Å². The lowest BCUT2D eigenvalue weighted by atomic mass is 9.89. The van der Waals surface area contributed by atoms with Crippen LogP contribution in [0.25, 0.3) is 11.1 Å². The van der Waals surface area contributed by atoms with Gasteiger partial charge in [-0.15, -0.1) is 0 Å². The summed E-state index contributed by atoms with van der Waals surface area (Å²) in [6.07, 6.45) is 4.08.